The van der Waals surface area contributed by atoms with Crippen molar-refractivity contribution in [3.05, 3.63) is 70.7 Å². The second-order valence-corrected chi connectivity index (χ2v) is 12.2. The first-order chi connectivity index (χ1) is 17.4. The van der Waals surface area contributed by atoms with Crippen LogP contribution in [0.4, 0.5) is 11.4 Å². The van der Waals surface area contributed by atoms with Crippen LogP contribution in [0.15, 0.2) is 65.4 Å². The highest BCUT2D eigenvalue weighted by Gasteiger charge is 2.36. The van der Waals surface area contributed by atoms with Crippen molar-refractivity contribution in [2.45, 2.75) is 13.8 Å². The van der Waals surface area contributed by atoms with Crippen molar-refractivity contribution >= 4 is 52.4 Å². The van der Waals surface area contributed by atoms with Crippen LogP contribution in [0.1, 0.15) is 13.8 Å². The topological polar surface area (TPSA) is 57.5 Å². The molecule has 0 amide bonds. The standard InChI is InChI=1S/C27H32Cl2N3O3P/c1-4-31(5-2)21-8-13-27(26(33)18-21)36(32-14-16-35-17-15-32,23-11-12-24(28)25(29)19-23)30-20-6-9-22(34-3)10-7-20/h6-13,18-19,33H,4-5,14-17H2,1-3H3. The van der Waals surface area contributed by atoms with Gasteiger partial charge >= 0.3 is 0 Å². The van der Waals surface area contributed by atoms with Gasteiger partial charge in [0.25, 0.3) is 0 Å². The highest BCUT2D eigenvalue weighted by Crippen LogP contribution is 2.56. The first kappa shape index (κ1) is 26.8. The zero-order valence-electron chi connectivity index (χ0n) is 20.8. The van der Waals surface area contributed by atoms with Gasteiger partial charge in [-0.25, -0.2) is 4.74 Å². The minimum Gasteiger partial charge on any atom is -0.507 e. The van der Waals surface area contributed by atoms with E-state index in [9.17, 15) is 5.11 Å². The molecule has 9 heteroatoms. The molecule has 1 fully saturated rings. The number of hydrogen-bond donors (Lipinski definition) is 1. The van der Waals surface area contributed by atoms with Crippen molar-refractivity contribution in [3.63, 3.8) is 0 Å². The Kier molecular flexibility index (Phi) is 8.87. The number of benzene rings is 3. The number of rotatable bonds is 8. The van der Waals surface area contributed by atoms with E-state index in [0.717, 1.165) is 40.8 Å². The fraction of sp³-hybridized carbons (Fsp3) is 0.333. The fourth-order valence-electron chi connectivity index (χ4n) is 4.53. The lowest BCUT2D eigenvalue weighted by molar-refractivity contribution is 0.0750. The van der Waals surface area contributed by atoms with Crippen LogP contribution in [0.25, 0.3) is 0 Å². The summed E-state index contributed by atoms with van der Waals surface area (Å²) in [5.41, 5.74) is 1.76. The van der Waals surface area contributed by atoms with Crippen molar-refractivity contribution in [3.8, 4) is 11.5 Å². The molecule has 1 saturated heterocycles. The van der Waals surface area contributed by atoms with E-state index in [4.69, 9.17) is 37.4 Å². The van der Waals surface area contributed by atoms with Gasteiger partial charge in [0.1, 0.15) is 11.5 Å². The number of ether oxygens (including phenoxy) is 2. The summed E-state index contributed by atoms with van der Waals surface area (Å²) in [5, 5.41) is 14.2. The van der Waals surface area contributed by atoms with Crippen LogP contribution in [0.5, 0.6) is 11.5 Å². The van der Waals surface area contributed by atoms with Gasteiger partial charge in [-0.2, -0.15) is 0 Å². The molecule has 1 heterocycles. The molecule has 0 aliphatic carbocycles. The van der Waals surface area contributed by atoms with Crippen molar-refractivity contribution in [2.75, 3.05) is 51.4 Å². The summed E-state index contributed by atoms with van der Waals surface area (Å²) in [6.45, 7) is 8.42. The van der Waals surface area contributed by atoms with Crippen LogP contribution in [0, 0.1) is 0 Å². The molecule has 0 spiro atoms. The van der Waals surface area contributed by atoms with E-state index in [2.05, 4.69) is 29.5 Å². The lowest BCUT2D eigenvalue weighted by Crippen LogP contribution is -2.40. The van der Waals surface area contributed by atoms with E-state index in [0.29, 0.717) is 36.3 Å². The van der Waals surface area contributed by atoms with E-state index >= 15 is 0 Å². The molecule has 0 bridgehead atoms. The Morgan fingerprint density at radius 3 is 2.25 bits per heavy atom. The average Bonchev–Trinajstić information content (AvgIpc) is 2.91. The predicted octanol–water partition coefficient (Wildman–Crippen LogP) is 6.28. The van der Waals surface area contributed by atoms with Gasteiger partial charge in [0, 0.05) is 43.2 Å². The highest BCUT2D eigenvalue weighted by atomic mass is 35.5. The highest BCUT2D eigenvalue weighted by molar-refractivity contribution is 7.79. The molecule has 0 saturated carbocycles. The number of methoxy groups -OCH3 is 1. The zero-order chi connectivity index (χ0) is 25.7. The number of halogens is 2. The van der Waals surface area contributed by atoms with Gasteiger partial charge in [-0.05, 0) is 68.4 Å². The molecule has 0 radical (unpaired) electrons. The Labute approximate surface area is 223 Å². The number of anilines is 1. The SMILES string of the molecule is CCN(CC)c1ccc(P(=Nc2ccc(OC)cc2)(c2ccc(Cl)c(Cl)c2)N2CCOCC2)c(O)c1. The van der Waals surface area contributed by atoms with Gasteiger partial charge in [0.2, 0.25) is 0 Å². The molecule has 1 N–H and O–H groups in total. The van der Waals surface area contributed by atoms with Crippen LogP contribution < -0.4 is 20.2 Å². The fourth-order valence-corrected chi connectivity index (χ4v) is 8.63. The van der Waals surface area contributed by atoms with Crippen molar-refractivity contribution in [1.29, 1.82) is 0 Å². The summed E-state index contributed by atoms with van der Waals surface area (Å²) in [5.74, 6) is 0.966. The lowest BCUT2D eigenvalue weighted by Gasteiger charge is -2.40. The van der Waals surface area contributed by atoms with E-state index in [1.165, 1.54) is 0 Å². The molecule has 0 aromatic heterocycles. The molecule has 192 valence electrons. The summed E-state index contributed by atoms with van der Waals surface area (Å²) in [7, 11) is -1.11. The first-order valence-corrected chi connectivity index (χ1v) is 14.5. The minimum absolute atomic E-state index is 0.211. The second kappa shape index (κ2) is 11.9. The van der Waals surface area contributed by atoms with Gasteiger partial charge in [0.15, 0.2) is 0 Å². The molecule has 1 unspecified atom stereocenters. The number of aromatic hydroxyl groups is 1. The first-order valence-electron chi connectivity index (χ1n) is 12.1. The van der Waals surface area contributed by atoms with Crippen LogP contribution in [-0.4, -0.2) is 56.3 Å². The van der Waals surface area contributed by atoms with Crippen LogP contribution in [0.3, 0.4) is 0 Å². The molecule has 3 aromatic carbocycles. The Balaban J connectivity index is 2.03. The Morgan fingerprint density at radius 2 is 1.67 bits per heavy atom. The monoisotopic (exact) mass is 547 g/mol. The maximum Gasteiger partial charge on any atom is 0.128 e. The van der Waals surface area contributed by atoms with E-state index in [-0.39, 0.29) is 5.75 Å². The summed E-state index contributed by atoms with van der Waals surface area (Å²) >= 11 is 12.9. The number of phenolic OH excluding ortho intramolecular Hbond substituents is 1. The molecule has 1 aliphatic heterocycles. The maximum atomic E-state index is 11.5. The molecule has 4 rings (SSSR count). The van der Waals surface area contributed by atoms with Gasteiger partial charge in [0.05, 0.1) is 48.6 Å². The zero-order valence-corrected chi connectivity index (χ0v) is 23.2. The van der Waals surface area contributed by atoms with E-state index < -0.39 is 7.21 Å². The summed E-state index contributed by atoms with van der Waals surface area (Å²) in [6, 6.07) is 19.3. The Bertz CT molecular complexity index is 1240. The number of morpholine rings is 1. The van der Waals surface area contributed by atoms with Gasteiger partial charge in [-0.3, -0.25) is 4.67 Å². The van der Waals surface area contributed by atoms with Crippen LogP contribution in [0.2, 0.25) is 10.0 Å². The number of phenols is 1. The molecular formula is C27H32Cl2N3O3P. The molecule has 6 nitrogen and oxygen atoms in total. The third-order valence-corrected chi connectivity index (χ3v) is 10.9. The largest absolute Gasteiger partial charge is 0.507 e. The number of nitrogens with zero attached hydrogens (tertiary/aromatic N) is 3. The van der Waals surface area contributed by atoms with E-state index in [1.54, 1.807) is 13.2 Å². The van der Waals surface area contributed by atoms with Gasteiger partial charge < -0.3 is 19.5 Å². The Hall–Kier alpha value is -2.21. The smallest absolute Gasteiger partial charge is 0.128 e. The third-order valence-electron chi connectivity index (χ3n) is 6.42. The van der Waals surface area contributed by atoms with Gasteiger partial charge in [-0.15, -0.1) is 0 Å². The number of hydrogen-bond acceptors (Lipinski definition) is 5. The third kappa shape index (κ3) is 5.39. The molecule has 1 aliphatic rings. The van der Waals surface area contributed by atoms with Crippen LogP contribution in [-0.2, 0) is 4.74 Å². The molecule has 36 heavy (non-hydrogen) atoms. The predicted molar refractivity (Wildman–Crippen MR) is 152 cm³/mol. The van der Waals surface area contributed by atoms with Gasteiger partial charge in [-0.1, -0.05) is 23.2 Å². The Morgan fingerprint density at radius 1 is 0.972 bits per heavy atom. The lowest BCUT2D eigenvalue weighted by atomic mass is 10.2. The second-order valence-electron chi connectivity index (χ2n) is 8.41. The van der Waals surface area contributed by atoms with Crippen molar-refractivity contribution < 1.29 is 14.6 Å². The molecular weight excluding hydrogens is 516 g/mol. The molecule has 3 aromatic rings. The van der Waals surface area contributed by atoms with E-state index in [1.807, 2.05) is 48.5 Å². The summed E-state index contributed by atoms with van der Waals surface area (Å²) in [6.07, 6.45) is 0. The molecule has 1 atom stereocenters. The van der Waals surface area contributed by atoms with Crippen molar-refractivity contribution in [1.82, 2.24) is 4.67 Å². The average molecular weight is 548 g/mol. The minimum atomic E-state index is -2.75. The summed E-state index contributed by atoms with van der Waals surface area (Å²) < 4.78 is 18.8. The van der Waals surface area contributed by atoms with Crippen LogP contribution >= 0.6 is 30.4 Å². The normalized spacial score (nSPS) is 15.8. The summed E-state index contributed by atoms with van der Waals surface area (Å²) in [4.78, 5) is 2.21. The van der Waals surface area contributed by atoms with Crippen molar-refractivity contribution in [2.24, 2.45) is 4.74 Å². The maximum absolute atomic E-state index is 11.5. The quantitative estimate of drug-likeness (QED) is 0.336.